The summed E-state index contributed by atoms with van der Waals surface area (Å²) in [5, 5.41) is 0. The van der Waals surface area contributed by atoms with E-state index in [-0.39, 0.29) is 0 Å². The van der Waals surface area contributed by atoms with Crippen molar-refractivity contribution < 1.29 is 0 Å². The van der Waals surface area contributed by atoms with Crippen LogP contribution >= 0.6 is 22.6 Å². The van der Waals surface area contributed by atoms with Crippen molar-refractivity contribution >= 4 is 22.6 Å². The van der Waals surface area contributed by atoms with Gasteiger partial charge in [-0.1, -0.05) is 128 Å². The third-order valence-corrected chi connectivity index (χ3v) is 7.58. The Morgan fingerprint density at radius 3 is 1.88 bits per heavy atom. The van der Waals surface area contributed by atoms with Crippen LogP contribution in [-0.2, 0) is 0 Å². The Bertz CT molecular complexity index is 275. The van der Waals surface area contributed by atoms with Gasteiger partial charge in [-0.2, -0.15) is 0 Å². The molecule has 5 atom stereocenters. The highest BCUT2D eigenvalue weighted by molar-refractivity contribution is 14.1. The van der Waals surface area contributed by atoms with Crippen LogP contribution in [0.4, 0.5) is 0 Å². The molecule has 0 nitrogen and oxygen atoms in total. The molecule has 0 bridgehead atoms. The summed E-state index contributed by atoms with van der Waals surface area (Å²) < 4.78 is 0.890. The van der Waals surface area contributed by atoms with E-state index < -0.39 is 0 Å². The van der Waals surface area contributed by atoms with Gasteiger partial charge < -0.3 is 0 Å². The minimum atomic E-state index is 0.890. The van der Waals surface area contributed by atoms with Gasteiger partial charge in [-0.15, -0.1) is 0 Å². The SMILES string of the molecule is CCCCC[C@H](I)C[C@H](C)C(CCCCC(C)CC)[C@H](CC)CCC. The van der Waals surface area contributed by atoms with Gasteiger partial charge in [-0.25, -0.2) is 0 Å². The molecule has 0 aromatic carbocycles. The van der Waals surface area contributed by atoms with Gasteiger partial charge >= 0.3 is 0 Å². The van der Waals surface area contributed by atoms with Crippen molar-refractivity contribution in [1.29, 1.82) is 0 Å². The first kappa shape index (κ1) is 25.7. The quantitative estimate of drug-likeness (QED) is 0.114. The Hall–Kier alpha value is 0.730. The van der Waals surface area contributed by atoms with Gasteiger partial charge in [-0.3, -0.25) is 0 Å². The van der Waals surface area contributed by atoms with E-state index in [1.54, 1.807) is 0 Å². The average molecular weight is 465 g/mol. The predicted octanol–water partition coefficient (Wildman–Crippen LogP) is 9.45. The summed E-state index contributed by atoms with van der Waals surface area (Å²) in [4.78, 5) is 0. The van der Waals surface area contributed by atoms with Crippen LogP contribution in [0, 0.1) is 23.7 Å². The number of hydrogen-bond acceptors (Lipinski definition) is 0. The number of rotatable bonds is 17. The third-order valence-electron chi connectivity index (χ3n) is 6.45. The van der Waals surface area contributed by atoms with Gasteiger partial charge in [0.15, 0.2) is 0 Å². The van der Waals surface area contributed by atoms with E-state index in [1.165, 1.54) is 83.5 Å². The largest absolute Gasteiger partial charge is 0.0826 e. The molecule has 0 aliphatic rings. The van der Waals surface area contributed by atoms with Crippen LogP contribution in [0.25, 0.3) is 0 Å². The molecule has 0 heterocycles. The van der Waals surface area contributed by atoms with Gasteiger partial charge in [-0.05, 0) is 42.9 Å². The Morgan fingerprint density at radius 1 is 0.680 bits per heavy atom. The molecule has 0 aliphatic heterocycles. The maximum Gasteiger partial charge on any atom is 0.0112 e. The highest BCUT2D eigenvalue weighted by Crippen LogP contribution is 2.36. The summed E-state index contributed by atoms with van der Waals surface area (Å²) in [5.41, 5.74) is 0. The maximum absolute atomic E-state index is 2.75. The Kier molecular flexibility index (Phi) is 17.4. The molecule has 152 valence electrons. The van der Waals surface area contributed by atoms with Crippen LogP contribution in [-0.4, -0.2) is 3.92 Å². The fourth-order valence-corrected chi connectivity index (χ4v) is 5.71. The molecule has 0 aromatic rings. The molecule has 0 amide bonds. The zero-order valence-corrected chi connectivity index (χ0v) is 20.6. The van der Waals surface area contributed by atoms with Crippen LogP contribution in [0.1, 0.15) is 125 Å². The summed E-state index contributed by atoms with van der Waals surface area (Å²) in [6.07, 6.45) is 18.4. The Morgan fingerprint density at radius 2 is 1.32 bits per heavy atom. The number of unbranched alkanes of at least 4 members (excludes halogenated alkanes) is 3. The second-order valence-electron chi connectivity index (χ2n) is 8.72. The van der Waals surface area contributed by atoms with E-state index >= 15 is 0 Å². The van der Waals surface area contributed by atoms with Crippen molar-refractivity contribution in [3.05, 3.63) is 0 Å². The van der Waals surface area contributed by atoms with Crippen molar-refractivity contribution in [2.75, 3.05) is 0 Å². The van der Waals surface area contributed by atoms with E-state index in [0.717, 1.165) is 27.6 Å². The van der Waals surface area contributed by atoms with Crippen LogP contribution in [0.2, 0.25) is 0 Å². The molecule has 0 saturated heterocycles. The van der Waals surface area contributed by atoms with Crippen molar-refractivity contribution in [3.63, 3.8) is 0 Å². The van der Waals surface area contributed by atoms with Crippen LogP contribution in [0.15, 0.2) is 0 Å². The van der Waals surface area contributed by atoms with E-state index in [9.17, 15) is 0 Å². The van der Waals surface area contributed by atoms with Crippen LogP contribution < -0.4 is 0 Å². The summed E-state index contributed by atoms with van der Waals surface area (Å²) >= 11 is 2.75. The molecule has 2 unspecified atom stereocenters. The second-order valence-corrected chi connectivity index (χ2v) is 10.5. The fourth-order valence-electron chi connectivity index (χ4n) is 4.47. The molecular weight excluding hydrogens is 415 g/mol. The lowest BCUT2D eigenvalue weighted by atomic mass is 9.74. The lowest BCUT2D eigenvalue weighted by Crippen LogP contribution is -2.24. The minimum absolute atomic E-state index is 0.890. The lowest BCUT2D eigenvalue weighted by Gasteiger charge is -2.33. The van der Waals surface area contributed by atoms with Crippen molar-refractivity contribution in [2.45, 2.75) is 129 Å². The number of hydrogen-bond donors (Lipinski definition) is 0. The standard InChI is InChI=1S/C24H49I/c1-7-11-12-17-23(25)19-21(6)24(22(10-4)15-8-2)18-14-13-16-20(5)9-3/h20-24H,7-19H2,1-6H3/t20?,21-,22+,23-,24?/m0/s1. The zero-order chi connectivity index (χ0) is 19.1. The first-order valence-electron chi connectivity index (χ1n) is 11.6. The molecule has 0 N–H and O–H groups in total. The molecule has 0 radical (unpaired) electrons. The van der Waals surface area contributed by atoms with Crippen molar-refractivity contribution in [1.82, 2.24) is 0 Å². The predicted molar refractivity (Wildman–Crippen MR) is 126 cm³/mol. The summed E-state index contributed by atoms with van der Waals surface area (Å²) in [5.74, 6) is 3.75. The molecule has 0 aromatic heterocycles. The van der Waals surface area contributed by atoms with Crippen LogP contribution in [0.5, 0.6) is 0 Å². The van der Waals surface area contributed by atoms with E-state index in [2.05, 4.69) is 64.1 Å². The molecular formula is C24H49I. The summed E-state index contributed by atoms with van der Waals surface area (Å²) in [6, 6.07) is 0. The monoisotopic (exact) mass is 464 g/mol. The minimum Gasteiger partial charge on any atom is -0.0826 e. The topological polar surface area (TPSA) is 0 Å². The van der Waals surface area contributed by atoms with Gasteiger partial charge in [0.05, 0.1) is 0 Å². The van der Waals surface area contributed by atoms with Gasteiger partial charge in [0.25, 0.3) is 0 Å². The normalized spacial score (nSPS) is 17.9. The third kappa shape index (κ3) is 12.7. The van der Waals surface area contributed by atoms with Crippen molar-refractivity contribution in [3.8, 4) is 0 Å². The Labute approximate surface area is 174 Å². The smallest absolute Gasteiger partial charge is 0.0112 e. The molecule has 0 aliphatic carbocycles. The van der Waals surface area contributed by atoms with Gasteiger partial charge in [0.1, 0.15) is 0 Å². The average Bonchev–Trinajstić information content (AvgIpc) is 2.60. The molecule has 0 rings (SSSR count). The molecule has 0 saturated carbocycles. The number of halogens is 1. The fraction of sp³-hybridized carbons (Fsp3) is 1.00. The van der Waals surface area contributed by atoms with Crippen molar-refractivity contribution in [2.24, 2.45) is 23.7 Å². The maximum atomic E-state index is 2.75. The molecule has 1 heteroatoms. The first-order valence-corrected chi connectivity index (χ1v) is 12.9. The van der Waals surface area contributed by atoms with Crippen LogP contribution in [0.3, 0.4) is 0 Å². The highest BCUT2D eigenvalue weighted by atomic mass is 127. The second kappa shape index (κ2) is 16.9. The lowest BCUT2D eigenvalue weighted by molar-refractivity contribution is 0.190. The zero-order valence-electron chi connectivity index (χ0n) is 18.5. The Balaban J connectivity index is 4.53. The molecule has 0 spiro atoms. The van der Waals surface area contributed by atoms with E-state index in [4.69, 9.17) is 0 Å². The first-order chi connectivity index (χ1) is 12.0. The van der Waals surface area contributed by atoms with Gasteiger partial charge in [0.2, 0.25) is 0 Å². The van der Waals surface area contributed by atoms with E-state index in [1.807, 2.05) is 0 Å². The van der Waals surface area contributed by atoms with E-state index in [0.29, 0.717) is 0 Å². The molecule has 25 heavy (non-hydrogen) atoms. The van der Waals surface area contributed by atoms with Gasteiger partial charge in [0, 0.05) is 3.92 Å². The highest BCUT2D eigenvalue weighted by Gasteiger charge is 2.26. The number of alkyl halides is 1. The summed E-state index contributed by atoms with van der Waals surface area (Å²) in [7, 11) is 0. The summed E-state index contributed by atoms with van der Waals surface area (Å²) in [6.45, 7) is 14.5. The molecule has 0 fully saturated rings.